The van der Waals surface area contributed by atoms with Gasteiger partial charge in [0.1, 0.15) is 11.9 Å². The number of amides is 1. The minimum absolute atomic E-state index is 0.135. The molecule has 170 valence electrons. The molecular weight excluding hydrogens is 423 g/mol. The summed E-state index contributed by atoms with van der Waals surface area (Å²) in [4.78, 5) is 21.1. The fraction of sp³-hybridized carbons (Fsp3) is 0.619. The van der Waals surface area contributed by atoms with Crippen molar-refractivity contribution in [3.05, 3.63) is 35.6 Å². The summed E-state index contributed by atoms with van der Waals surface area (Å²) >= 11 is 1.44. The predicted octanol–water partition coefficient (Wildman–Crippen LogP) is 0.0269. The van der Waals surface area contributed by atoms with Crippen LogP contribution in [0.15, 0.2) is 29.3 Å². The Labute approximate surface area is 185 Å². The number of aliphatic hydroxyl groups is 2. The molecule has 4 rings (SSSR count). The van der Waals surface area contributed by atoms with E-state index in [-0.39, 0.29) is 17.5 Å². The molecule has 0 spiro atoms. The number of primary amides is 1. The number of rotatable bonds is 6. The third-order valence-electron chi connectivity index (χ3n) is 6.22. The molecule has 31 heavy (non-hydrogen) atoms. The molecule has 0 bridgehead atoms. The van der Waals surface area contributed by atoms with Crippen molar-refractivity contribution in [2.24, 2.45) is 16.6 Å². The SMILES string of the molecule is NC(=O)[C@H]1C[C@@H](O)[C@H](O)[C@@H]2[C@@H]1SC(=NCCN1CCOCC1)N2Cc1ccc(F)cc1. The van der Waals surface area contributed by atoms with Gasteiger partial charge in [-0.15, -0.1) is 0 Å². The Bertz CT molecular complexity index is 805. The minimum Gasteiger partial charge on any atom is -0.390 e. The number of morpholine rings is 1. The fourth-order valence-electron chi connectivity index (χ4n) is 4.50. The Hall–Kier alpha value is -1.72. The van der Waals surface area contributed by atoms with Crippen LogP contribution in [0.1, 0.15) is 12.0 Å². The van der Waals surface area contributed by atoms with Crippen molar-refractivity contribution < 1.29 is 24.1 Å². The minimum atomic E-state index is -1.04. The van der Waals surface area contributed by atoms with Crippen molar-refractivity contribution in [3.8, 4) is 0 Å². The molecule has 0 aromatic heterocycles. The lowest BCUT2D eigenvalue weighted by molar-refractivity contribution is -0.128. The first kappa shape index (κ1) is 22.5. The molecule has 2 saturated heterocycles. The van der Waals surface area contributed by atoms with E-state index in [0.29, 0.717) is 18.3 Å². The van der Waals surface area contributed by atoms with Crippen LogP contribution in [0.3, 0.4) is 0 Å². The number of fused-ring (bicyclic) bond motifs is 1. The molecule has 1 amide bonds. The first-order valence-corrected chi connectivity index (χ1v) is 11.5. The van der Waals surface area contributed by atoms with E-state index in [9.17, 15) is 19.4 Å². The number of benzene rings is 1. The highest BCUT2D eigenvalue weighted by molar-refractivity contribution is 8.14. The summed E-state index contributed by atoms with van der Waals surface area (Å²) in [5.74, 6) is -1.36. The van der Waals surface area contributed by atoms with E-state index >= 15 is 0 Å². The van der Waals surface area contributed by atoms with E-state index < -0.39 is 30.1 Å². The molecule has 1 saturated carbocycles. The number of nitrogens with zero attached hydrogens (tertiary/aromatic N) is 3. The van der Waals surface area contributed by atoms with Gasteiger partial charge in [0.05, 0.1) is 37.8 Å². The number of hydrogen-bond acceptors (Lipinski definition) is 7. The van der Waals surface area contributed by atoms with E-state index in [0.717, 1.165) is 38.4 Å². The molecule has 2 aliphatic heterocycles. The molecule has 8 nitrogen and oxygen atoms in total. The second-order valence-electron chi connectivity index (χ2n) is 8.25. The number of nitrogens with two attached hydrogens (primary N) is 1. The molecule has 1 aromatic rings. The number of carbonyl (C=O) groups is 1. The van der Waals surface area contributed by atoms with Crippen molar-refractivity contribution in [1.29, 1.82) is 0 Å². The first-order chi connectivity index (χ1) is 14.9. The zero-order chi connectivity index (χ0) is 22.0. The van der Waals surface area contributed by atoms with Crippen molar-refractivity contribution in [1.82, 2.24) is 9.80 Å². The van der Waals surface area contributed by atoms with E-state index in [1.54, 1.807) is 12.1 Å². The smallest absolute Gasteiger partial charge is 0.221 e. The highest BCUT2D eigenvalue weighted by Gasteiger charge is 2.54. The maximum absolute atomic E-state index is 13.4. The summed E-state index contributed by atoms with van der Waals surface area (Å²) < 4.78 is 18.7. The number of amidine groups is 1. The summed E-state index contributed by atoms with van der Waals surface area (Å²) in [6, 6.07) is 5.66. The Morgan fingerprint density at radius 2 is 1.97 bits per heavy atom. The van der Waals surface area contributed by atoms with Gasteiger partial charge in [0.2, 0.25) is 5.91 Å². The van der Waals surface area contributed by atoms with Crippen LogP contribution in [0.2, 0.25) is 0 Å². The monoisotopic (exact) mass is 452 g/mol. The molecule has 1 aromatic carbocycles. The quantitative estimate of drug-likeness (QED) is 0.558. The summed E-state index contributed by atoms with van der Waals surface area (Å²) in [5.41, 5.74) is 6.48. The largest absolute Gasteiger partial charge is 0.390 e. The molecule has 0 radical (unpaired) electrons. The van der Waals surface area contributed by atoms with Crippen LogP contribution in [0.5, 0.6) is 0 Å². The maximum Gasteiger partial charge on any atom is 0.221 e. The Morgan fingerprint density at radius 1 is 1.26 bits per heavy atom. The molecule has 1 aliphatic carbocycles. The third kappa shape index (κ3) is 5.04. The fourth-order valence-corrected chi connectivity index (χ4v) is 6.09. The normalized spacial score (nSPS) is 32.9. The number of ether oxygens (including phenoxy) is 1. The van der Waals surface area contributed by atoms with Gasteiger partial charge in [-0.05, 0) is 24.1 Å². The van der Waals surface area contributed by atoms with Crippen LogP contribution in [0.25, 0.3) is 0 Å². The van der Waals surface area contributed by atoms with E-state index in [1.807, 2.05) is 4.90 Å². The Kier molecular flexibility index (Phi) is 7.12. The zero-order valence-electron chi connectivity index (χ0n) is 17.3. The summed E-state index contributed by atoms with van der Waals surface area (Å²) in [6.45, 7) is 4.93. The number of halogens is 1. The Morgan fingerprint density at radius 3 is 2.65 bits per heavy atom. The van der Waals surface area contributed by atoms with Crippen molar-refractivity contribution in [3.63, 3.8) is 0 Å². The van der Waals surface area contributed by atoms with E-state index in [2.05, 4.69) is 4.90 Å². The van der Waals surface area contributed by atoms with Gasteiger partial charge in [-0.1, -0.05) is 23.9 Å². The summed E-state index contributed by atoms with van der Waals surface area (Å²) in [7, 11) is 0. The lowest BCUT2D eigenvalue weighted by Gasteiger charge is -2.41. The molecule has 0 unspecified atom stereocenters. The number of thioether (sulfide) groups is 1. The highest BCUT2D eigenvalue weighted by Crippen LogP contribution is 2.44. The zero-order valence-corrected chi connectivity index (χ0v) is 18.1. The average Bonchev–Trinajstić information content (AvgIpc) is 3.11. The topological polar surface area (TPSA) is 112 Å². The predicted molar refractivity (Wildman–Crippen MR) is 116 cm³/mol. The van der Waals surface area contributed by atoms with Crippen molar-refractivity contribution in [2.45, 2.75) is 36.5 Å². The molecular formula is C21H29FN4O4S. The van der Waals surface area contributed by atoms with Crippen LogP contribution in [-0.4, -0.2) is 94.0 Å². The first-order valence-electron chi connectivity index (χ1n) is 10.6. The third-order valence-corrected chi connectivity index (χ3v) is 7.67. The number of hydrogen-bond donors (Lipinski definition) is 3. The number of aliphatic imine (C=N–C) groups is 1. The standard InChI is InChI=1S/C21H29FN4O4S/c22-14-3-1-13(2-4-14)12-26-17-18(28)16(27)11-15(20(23)29)19(17)31-21(26)24-5-6-25-7-9-30-10-8-25/h1-4,15-19,27-28H,5-12H2,(H2,23,29)/t15-,16+,17+,18-,19+/m0/s1. The van der Waals surface area contributed by atoms with Gasteiger partial charge in [-0.3, -0.25) is 14.7 Å². The average molecular weight is 453 g/mol. The van der Waals surface area contributed by atoms with E-state index in [1.165, 1.54) is 23.9 Å². The lowest BCUT2D eigenvalue weighted by atomic mass is 9.80. The van der Waals surface area contributed by atoms with Crippen molar-refractivity contribution >= 4 is 22.8 Å². The van der Waals surface area contributed by atoms with Gasteiger partial charge in [-0.2, -0.15) is 0 Å². The molecule has 3 aliphatic rings. The van der Waals surface area contributed by atoms with Gasteiger partial charge >= 0.3 is 0 Å². The molecule has 5 atom stereocenters. The number of aliphatic hydroxyl groups excluding tert-OH is 2. The highest BCUT2D eigenvalue weighted by atomic mass is 32.2. The van der Waals surface area contributed by atoms with Gasteiger partial charge < -0.3 is 25.6 Å². The van der Waals surface area contributed by atoms with Gasteiger partial charge in [-0.25, -0.2) is 4.39 Å². The van der Waals surface area contributed by atoms with Crippen LogP contribution >= 0.6 is 11.8 Å². The molecule has 3 fully saturated rings. The molecule has 10 heteroatoms. The molecule has 4 N–H and O–H groups in total. The van der Waals surface area contributed by atoms with Crippen molar-refractivity contribution in [2.75, 3.05) is 39.4 Å². The number of carbonyl (C=O) groups excluding carboxylic acids is 1. The summed E-state index contributed by atoms with van der Waals surface area (Å²) in [6.07, 6.45) is -1.93. The van der Waals surface area contributed by atoms with Crippen LogP contribution in [0, 0.1) is 11.7 Å². The van der Waals surface area contributed by atoms with Gasteiger partial charge in [0, 0.05) is 31.4 Å². The van der Waals surface area contributed by atoms with E-state index in [4.69, 9.17) is 15.5 Å². The second-order valence-corrected chi connectivity index (χ2v) is 9.39. The van der Waals surface area contributed by atoms with Crippen LogP contribution in [-0.2, 0) is 16.1 Å². The van der Waals surface area contributed by atoms with Gasteiger partial charge in [0.15, 0.2) is 5.17 Å². The van der Waals surface area contributed by atoms with Crippen LogP contribution < -0.4 is 5.73 Å². The lowest BCUT2D eigenvalue weighted by Crippen LogP contribution is -2.58. The maximum atomic E-state index is 13.4. The summed E-state index contributed by atoms with van der Waals surface area (Å²) in [5, 5.41) is 21.6. The molecule has 2 heterocycles. The second kappa shape index (κ2) is 9.83. The van der Waals surface area contributed by atoms with Gasteiger partial charge in [0.25, 0.3) is 0 Å². The van der Waals surface area contributed by atoms with Crippen LogP contribution in [0.4, 0.5) is 4.39 Å². The Balaban J connectivity index is 1.57.